The van der Waals surface area contributed by atoms with Crippen LogP contribution in [0.15, 0.2) is 56.3 Å². The van der Waals surface area contributed by atoms with Crippen LogP contribution in [0.1, 0.15) is 18.4 Å². The predicted molar refractivity (Wildman–Crippen MR) is 113 cm³/mol. The van der Waals surface area contributed by atoms with Crippen molar-refractivity contribution in [1.82, 2.24) is 4.31 Å². The first-order chi connectivity index (χ1) is 13.4. The minimum Gasteiger partial charge on any atom is -0.444 e. The van der Waals surface area contributed by atoms with Gasteiger partial charge in [0, 0.05) is 33.6 Å². The minimum absolute atomic E-state index is 0.0987. The number of piperidine rings is 1. The van der Waals surface area contributed by atoms with Crippen molar-refractivity contribution in [3.8, 4) is 0 Å². The van der Waals surface area contributed by atoms with Gasteiger partial charge in [0.15, 0.2) is 0 Å². The van der Waals surface area contributed by atoms with Gasteiger partial charge in [0.05, 0.1) is 10.6 Å². The van der Waals surface area contributed by atoms with Gasteiger partial charge in [-0.15, -0.1) is 0 Å². The van der Waals surface area contributed by atoms with Gasteiger partial charge in [0.25, 0.3) is 0 Å². The van der Waals surface area contributed by atoms with E-state index in [-0.39, 0.29) is 23.6 Å². The van der Waals surface area contributed by atoms with Gasteiger partial charge in [0.2, 0.25) is 10.0 Å². The molecular weight excluding hydrogens is 512 g/mol. The molecule has 0 bridgehead atoms. The molecular formula is C19H18Br2N2O4S. The Kier molecular flexibility index (Phi) is 5.52. The molecule has 4 rings (SSSR count). The van der Waals surface area contributed by atoms with E-state index in [1.54, 1.807) is 29.2 Å². The fraction of sp³-hybridized carbons (Fsp3) is 0.316. The molecule has 0 unspecified atom stereocenters. The Balaban J connectivity index is 1.54. The van der Waals surface area contributed by atoms with E-state index >= 15 is 0 Å². The van der Waals surface area contributed by atoms with E-state index < -0.39 is 10.0 Å². The summed E-state index contributed by atoms with van der Waals surface area (Å²) in [7, 11) is -3.58. The first-order valence-electron chi connectivity index (χ1n) is 8.87. The molecule has 9 heteroatoms. The molecule has 1 fully saturated rings. The second kappa shape index (κ2) is 7.78. The maximum absolute atomic E-state index is 13.0. The van der Waals surface area contributed by atoms with Crippen molar-refractivity contribution >= 4 is 53.7 Å². The number of nitrogens with zero attached hydrogens (tertiary/aromatic N) is 2. The molecule has 1 amide bonds. The molecule has 2 aliphatic heterocycles. The summed E-state index contributed by atoms with van der Waals surface area (Å²) in [6.07, 6.45) is 0.727. The number of halogens is 2. The zero-order valence-corrected chi connectivity index (χ0v) is 18.8. The highest BCUT2D eigenvalue weighted by atomic mass is 79.9. The highest BCUT2D eigenvalue weighted by molar-refractivity contribution is 9.10. The fourth-order valence-corrected chi connectivity index (χ4v) is 6.53. The summed E-state index contributed by atoms with van der Waals surface area (Å²) in [6, 6.07) is 12.5. The lowest BCUT2D eigenvalue weighted by molar-refractivity contribution is 0.135. The summed E-state index contributed by atoms with van der Waals surface area (Å²) >= 11 is 6.77. The maximum atomic E-state index is 13.0. The molecule has 0 spiro atoms. The Morgan fingerprint density at radius 1 is 1.04 bits per heavy atom. The van der Waals surface area contributed by atoms with E-state index in [1.165, 1.54) is 4.31 Å². The molecule has 0 radical (unpaired) electrons. The average Bonchev–Trinajstić information content (AvgIpc) is 2.68. The number of hydrogen-bond donors (Lipinski definition) is 0. The molecule has 2 aromatic carbocycles. The molecule has 2 aliphatic rings. The van der Waals surface area contributed by atoms with Crippen molar-refractivity contribution in [3.05, 3.63) is 57.0 Å². The van der Waals surface area contributed by atoms with Crippen LogP contribution in [-0.2, 0) is 21.4 Å². The lowest BCUT2D eigenvalue weighted by atomic mass is 10.0. The molecule has 6 nitrogen and oxygen atoms in total. The number of fused-ring (bicyclic) bond motifs is 1. The standard InChI is InChI=1S/C19H18Br2N2O4S/c20-14-5-6-17-13(11-14)12-27-19(24)23(17)15-7-9-22(10-8-15)28(25,26)18-4-2-1-3-16(18)21/h1-6,11,15H,7-10,12H2. The number of benzene rings is 2. The van der Waals surface area contributed by atoms with Gasteiger partial charge in [-0.25, -0.2) is 13.2 Å². The Bertz CT molecular complexity index is 1020. The van der Waals surface area contributed by atoms with E-state index in [1.807, 2.05) is 18.2 Å². The first kappa shape index (κ1) is 19.9. The fourth-order valence-electron chi connectivity index (χ4n) is 3.69. The Morgan fingerprint density at radius 2 is 1.75 bits per heavy atom. The molecule has 0 aliphatic carbocycles. The number of carbonyl (C=O) groups is 1. The number of rotatable bonds is 3. The Morgan fingerprint density at radius 3 is 2.46 bits per heavy atom. The van der Waals surface area contributed by atoms with Crippen molar-refractivity contribution in [2.45, 2.75) is 30.4 Å². The molecule has 148 valence electrons. The van der Waals surface area contributed by atoms with E-state index in [9.17, 15) is 13.2 Å². The third kappa shape index (κ3) is 3.60. The van der Waals surface area contributed by atoms with Crippen molar-refractivity contribution in [1.29, 1.82) is 0 Å². The van der Waals surface area contributed by atoms with Crippen molar-refractivity contribution in [2.75, 3.05) is 18.0 Å². The van der Waals surface area contributed by atoms with Crippen LogP contribution in [0.3, 0.4) is 0 Å². The summed E-state index contributed by atoms with van der Waals surface area (Å²) in [5.41, 5.74) is 1.78. The molecule has 1 saturated heterocycles. The zero-order valence-electron chi connectivity index (χ0n) is 14.8. The lowest BCUT2D eigenvalue weighted by Gasteiger charge is -2.39. The second-order valence-electron chi connectivity index (χ2n) is 6.76. The summed E-state index contributed by atoms with van der Waals surface area (Å²) < 4.78 is 34.3. The van der Waals surface area contributed by atoms with Crippen LogP contribution >= 0.6 is 31.9 Å². The first-order valence-corrected chi connectivity index (χ1v) is 11.9. The molecule has 2 aromatic rings. The van der Waals surface area contributed by atoms with Gasteiger partial charge in [-0.2, -0.15) is 4.31 Å². The van der Waals surface area contributed by atoms with Gasteiger partial charge in [0.1, 0.15) is 6.61 Å². The second-order valence-corrected chi connectivity index (χ2v) is 10.4. The van der Waals surface area contributed by atoms with Gasteiger partial charge < -0.3 is 4.74 Å². The van der Waals surface area contributed by atoms with Crippen LogP contribution in [0.5, 0.6) is 0 Å². The summed E-state index contributed by atoms with van der Waals surface area (Å²) in [5.74, 6) is 0. The topological polar surface area (TPSA) is 66.9 Å². The number of hydrogen-bond acceptors (Lipinski definition) is 4. The molecule has 0 saturated carbocycles. The van der Waals surface area contributed by atoms with Gasteiger partial charge in [-0.1, -0.05) is 28.1 Å². The maximum Gasteiger partial charge on any atom is 0.414 e. The number of ether oxygens (including phenoxy) is 1. The quantitative estimate of drug-likeness (QED) is 0.586. The summed E-state index contributed by atoms with van der Waals surface area (Å²) in [4.78, 5) is 14.4. The average molecular weight is 530 g/mol. The number of carbonyl (C=O) groups excluding carboxylic acids is 1. The van der Waals surface area contributed by atoms with Crippen LogP contribution in [0.4, 0.5) is 10.5 Å². The number of amides is 1. The van der Waals surface area contributed by atoms with Crippen LogP contribution in [0.25, 0.3) is 0 Å². The molecule has 0 aromatic heterocycles. The predicted octanol–water partition coefficient (Wildman–Crippen LogP) is 4.52. The van der Waals surface area contributed by atoms with Crippen molar-refractivity contribution in [2.24, 2.45) is 0 Å². The highest BCUT2D eigenvalue weighted by Crippen LogP contribution is 2.35. The van der Waals surface area contributed by atoms with Crippen LogP contribution < -0.4 is 4.90 Å². The summed E-state index contributed by atoms with van der Waals surface area (Å²) in [5, 5.41) is 0. The third-order valence-electron chi connectivity index (χ3n) is 5.09. The molecule has 0 N–H and O–H groups in total. The monoisotopic (exact) mass is 528 g/mol. The minimum atomic E-state index is -3.58. The van der Waals surface area contributed by atoms with E-state index in [0.29, 0.717) is 30.4 Å². The molecule has 0 atom stereocenters. The van der Waals surface area contributed by atoms with Crippen LogP contribution in [0.2, 0.25) is 0 Å². The van der Waals surface area contributed by atoms with E-state index in [0.717, 1.165) is 15.7 Å². The van der Waals surface area contributed by atoms with E-state index in [2.05, 4.69) is 31.9 Å². The number of sulfonamides is 1. The van der Waals surface area contributed by atoms with Crippen molar-refractivity contribution < 1.29 is 17.9 Å². The Hall–Kier alpha value is -1.42. The van der Waals surface area contributed by atoms with Crippen molar-refractivity contribution in [3.63, 3.8) is 0 Å². The van der Waals surface area contributed by atoms with E-state index in [4.69, 9.17) is 4.74 Å². The van der Waals surface area contributed by atoms with Gasteiger partial charge in [-0.05, 0) is 59.1 Å². The van der Waals surface area contributed by atoms with Gasteiger partial charge >= 0.3 is 6.09 Å². The largest absolute Gasteiger partial charge is 0.444 e. The third-order valence-corrected chi connectivity index (χ3v) is 8.50. The normalized spacial score (nSPS) is 18.6. The SMILES string of the molecule is O=C1OCc2cc(Br)ccc2N1C1CCN(S(=O)(=O)c2ccccc2Br)CC1. The van der Waals surface area contributed by atoms with Crippen LogP contribution in [-0.4, -0.2) is 37.9 Å². The summed E-state index contributed by atoms with van der Waals surface area (Å²) in [6.45, 7) is 0.952. The van der Waals surface area contributed by atoms with Gasteiger partial charge in [-0.3, -0.25) is 4.90 Å². The molecule has 2 heterocycles. The molecule has 28 heavy (non-hydrogen) atoms. The smallest absolute Gasteiger partial charge is 0.414 e. The zero-order chi connectivity index (χ0) is 19.9. The Labute approximate surface area is 180 Å². The highest BCUT2D eigenvalue weighted by Gasteiger charge is 2.37. The lowest BCUT2D eigenvalue weighted by Crippen LogP contribution is -2.50. The number of anilines is 1. The van der Waals surface area contributed by atoms with Crippen LogP contribution in [0, 0.1) is 0 Å². The number of cyclic esters (lactones) is 1.